The highest BCUT2D eigenvalue weighted by Gasteiger charge is 2.53. The fourth-order valence-electron chi connectivity index (χ4n) is 4.33. The first kappa shape index (κ1) is 19.5. The number of rotatable bonds is 7. The van der Waals surface area contributed by atoms with Crippen LogP contribution in [0.3, 0.4) is 0 Å². The third-order valence-corrected chi connectivity index (χ3v) is 5.73. The van der Waals surface area contributed by atoms with Crippen LogP contribution in [0.4, 0.5) is 0 Å². The van der Waals surface area contributed by atoms with Gasteiger partial charge >= 0.3 is 0 Å². The zero-order valence-electron chi connectivity index (χ0n) is 15.6. The number of aliphatic hydroxyl groups is 2. The molecule has 0 radical (unpaired) electrons. The lowest BCUT2D eigenvalue weighted by Crippen LogP contribution is -2.47. The Morgan fingerprint density at radius 1 is 1.04 bits per heavy atom. The van der Waals surface area contributed by atoms with Crippen molar-refractivity contribution >= 4 is 0 Å². The first-order valence-corrected chi connectivity index (χ1v) is 10.0. The molecule has 2 saturated heterocycles. The van der Waals surface area contributed by atoms with E-state index in [0.29, 0.717) is 0 Å². The molecule has 6 nitrogen and oxygen atoms in total. The van der Waals surface area contributed by atoms with Gasteiger partial charge in [-0.1, -0.05) is 26.2 Å². The minimum absolute atomic E-state index is 0.161. The molecule has 0 aromatic heterocycles. The molecule has 1 unspecified atom stereocenters. The van der Waals surface area contributed by atoms with Crippen LogP contribution in [0.2, 0.25) is 0 Å². The van der Waals surface area contributed by atoms with Gasteiger partial charge in [-0.2, -0.15) is 0 Å². The van der Waals surface area contributed by atoms with Crippen molar-refractivity contribution < 1.29 is 29.2 Å². The van der Waals surface area contributed by atoms with E-state index in [-0.39, 0.29) is 19.0 Å². The lowest BCUT2D eigenvalue weighted by molar-refractivity contribution is -0.206. The zero-order valence-corrected chi connectivity index (χ0v) is 15.6. The highest BCUT2D eigenvalue weighted by Crippen LogP contribution is 2.42. The van der Waals surface area contributed by atoms with Crippen LogP contribution >= 0.6 is 0 Å². The largest absolute Gasteiger partial charge is 0.394 e. The number of aliphatic hydroxyl groups excluding tert-OH is 2. The monoisotopic (exact) mass is 358 g/mol. The molecule has 0 amide bonds. The quantitative estimate of drug-likeness (QED) is 0.681. The Kier molecular flexibility index (Phi) is 6.74. The Labute approximate surface area is 150 Å². The number of ether oxygens (including phenoxy) is 4. The van der Waals surface area contributed by atoms with Crippen LogP contribution in [0, 0.1) is 0 Å². The van der Waals surface area contributed by atoms with Crippen LogP contribution in [0.5, 0.6) is 0 Å². The maximum atomic E-state index is 10.9. The SMILES string of the molecule is CCCCCC1O[C@@H]([C@@H](O)[C@@H]2OC3(CCCCC3)O[C@H]2CO)[C@@H](C)O1. The minimum Gasteiger partial charge on any atom is -0.394 e. The van der Waals surface area contributed by atoms with Gasteiger partial charge in [0.15, 0.2) is 12.1 Å². The van der Waals surface area contributed by atoms with Crippen molar-refractivity contribution in [1.29, 1.82) is 0 Å². The van der Waals surface area contributed by atoms with Gasteiger partial charge in [0.25, 0.3) is 0 Å². The zero-order chi connectivity index (χ0) is 17.9. The van der Waals surface area contributed by atoms with Crippen molar-refractivity contribution in [2.75, 3.05) is 6.61 Å². The van der Waals surface area contributed by atoms with Crippen LogP contribution in [0.25, 0.3) is 0 Å². The number of hydrogen-bond donors (Lipinski definition) is 2. The Balaban J connectivity index is 1.60. The first-order valence-electron chi connectivity index (χ1n) is 10.0. The van der Waals surface area contributed by atoms with Gasteiger partial charge in [0, 0.05) is 12.8 Å². The summed E-state index contributed by atoms with van der Waals surface area (Å²) in [5.74, 6) is -0.638. The van der Waals surface area contributed by atoms with Crippen molar-refractivity contribution in [2.24, 2.45) is 0 Å². The fourth-order valence-corrected chi connectivity index (χ4v) is 4.33. The highest BCUT2D eigenvalue weighted by atomic mass is 16.8. The Hall–Kier alpha value is -0.240. The van der Waals surface area contributed by atoms with Crippen LogP contribution in [0.15, 0.2) is 0 Å². The number of hydrogen-bond acceptors (Lipinski definition) is 6. The van der Waals surface area contributed by atoms with Crippen molar-refractivity contribution in [3.05, 3.63) is 0 Å². The lowest BCUT2D eigenvalue weighted by Gasteiger charge is -2.32. The molecule has 6 heteroatoms. The van der Waals surface area contributed by atoms with Gasteiger partial charge in [-0.15, -0.1) is 0 Å². The van der Waals surface area contributed by atoms with Crippen LogP contribution in [0.1, 0.15) is 71.6 Å². The van der Waals surface area contributed by atoms with Crippen molar-refractivity contribution in [1.82, 2.24) is 0 Å². The van der Waals surface area contributed by atoms with Gasteiger partial charge in [-0.3, -0.25) is 0 Å². The molecule has 25 heavy (non-hydrogen) atoms. The molecule has 3 rings (SSSR count). The van der Waals surface area contributed by atoms with Gasteiger partial charge < -0.3 is 29.2 Å². The summed E-state index contributed by atoms with van der Waals surface area (Å²) in [6, 6.07) is 0. The second-order valence-corrected chi connectivity index (χ2v) is 7.75. The molecule has 3 fully saturated rings. The molecule has 1 saturated carbocycles. The van der Waals surface area contributed by atoms with E-state index >= 15 is 0 Å². The van der Waals surface area contributed by atoms with E-state index in [0.717, 1.165) is 51.4 Å². The summed E-state index contributed by atoms with van der Waals surface area (Å²) in [6.45, 7) is 3.93. The van der Waals surface area contributed by atoms with Gasteiger partial charge in [-0.05, 0) is 32.6 Å². The van der Waals surface area contributed by atoms with E-state index in [9.17, 15) is 10.2 Å². The van der Waals surface area contributed by atoms with Gasteiger partial charge in [0.1, 0.15) is 24.4 Å². The second-order valence-electron chi connectivity index (χ2n) is 7.75. The molecule has 2 N–H and O–H groups in total. The van der Waals surface area contributed by atoms with E-state index in [1.807, 2.05) is 6.92 Å². The van der Waals surface area contributed by atoms with Crippen LogP contribution in [-0.4, -0.2) is 59.4 Å². The Morgan fingerprint density at radius 3 is 2.48 bits per heavy atom. The van der Waals surface area contributed by atoms with Gasteiger partial charge in [0.2, 0.25) is 0 Å². The Morgan fingerprint density at radius 2 is 1.80 bits per heavy atom. The molecule has 0 aromatic carbocycles. The average molecular weight is 358 g/mol. The summed E-state index contributed by atoms with van der Waals surface area (Å²) in [5.41, 5.74) is 0. The van der Waals surface area contributed by atoms with Gasteiger partial charge in [-0.25, -0.2) is 0 Å². The topological polar surface area (TPSA) is 77.4 Å². The van der Waals surface area contributed by atoms with Crippen LogP contribution < -0.4 is 0 Å². The normalized spacial score (nSPS) is 39.1. The molecule has 0 aromatic rings. The molecule has 146 valence electrons. The predicted octanol–water partition coefficient (Wildman–Crippen LogP) is 2.49. The van der Waals surface area contributed by atoms with E-state index in [2.05, 4.69) is 6.92 Å². The molecular formula is C19H34O6. The minimum atomic E-state index is -0.871. The molecule has 2 heterocycles. The lowest BCUT2D eigenvalue weighted by atomic mass is 9.94. The maximum absolute atomic E-state index is 10.9. The van der Waals surface area contributed by atoms with E-state index < -0.39 is 30.2 Å². The first-order chi connectivity index (χ1) is 12.1. The summed E-state index contributed by atoms with van der Waals surface area (Å²) in [7, 11) is 0. The summed E-state index contributed by atoms with van der Waals surface area (Å²) in [6.07, 6.45) is 6.27. The van der Waals surface area contributed by atoms with E-state index in [1.54, 1.807) is 0 Å². The van der Waals surface area contributed by atoms with E-state index in [1.165, 1.54) is 6.42 Å². The third-order valence-electron chi connectivity index (χ3n) is 5.73. The van der Waals surface area contributed by atoms with Crippen LogP contribution in [-0.2, 0) is 18.9 Å². The summed E-state index contributed by atoms with van der Waals surface area (Å²) in [5, 5.41) is 20.6. The molecule has 1 aliphatic carbocycles. The summed E-state index contributed by atoms with van der Waals surface area (Å²) in [4.78, 5) is 0. The van der Waals surface area contributed by atoms with Crippen molar-refractivity contribution in [2.45, 2.75) is 114 Å². The fraction of sp³-hybridized carbons (Fsp3) is 1.00. The molecule has 0 bridgehead atoms. The number of unbranched alkanes of at least 4 members (excludes halogenated alkanes) is 2. The average Bonchev–Trinajstić information content (AvgIpc) is 3.16. The highest BCUT2D eigenvalue weighted by molar-refractivity contribution is 4.96. The van der Waals surface area contributed by atoms with Gasteiger partial charge in [0.05, 0.1) is 12.7 Å². The van der Waals surface area contributed by atoms with Crippen molar-refractivity contribution in [3.63, 3.8) is 0 Å². The summed E-state index contributed by atoms with van der Waals surface area (Å²) < 4.78 is 24.1. The predicted molar refractivity (Wildman–Crippen MR) is 92.0 cm³/mol. The molecule has 1 spiro atoms. The standard InChI is InChI=1S/C19H34O6/c1-3-4-6-9-15-22-13(2)17(23-15)16(21)18-14(12-20)24-19(25-18)10-7-5-8-11-19/h13-18,20-21H,3-12H2,1-2H3/t13-,14+,15?,16-,17-,18-/m1/s1. The molecular weight excluding hydrogens is 324 g/mol. The van der Waals surface area contributed by atoms with Crippen molar-refractivity contribution in [3.8, 4) is 0 Å². The second kappa shape index (κ2) is 8.63. The third kappa shape index (κ3) is 4.37. The molecule has 6 atom stereocenters. The molecule has 3 aliphatic rings. The molecule has 2 aliphatic heterocycles. The summed E-state index contributed by atoms with van der Waals surface area (Å²) >= 11 is 0. The smallest absolute Gasteiger partial charge is 0.169 e. The maximum Gasteiger partial charge on any atom is 0.169 e. The van der Waals surface area contributed by atoms with E-state index in [4.69, 9.17) is 18.9 Å². The Bertz CT molecular complexity index is 411.